The standard InChI is InChI=1S/CH3O2PS/c1-3-5-4-2/h1H3. The lowest BCUT2D eigenvalue weighted by Gasteiger charge is -1.71. The van der Waals surface area contributed by atoms with Crippen LogP contribution in [0.5, 0.6) is 0 Å². The molecule has 0 aromatic heterocycles. The van der Waals surface area contributed by atoms with E-state index >= 15 is 0 Å². The van der Waals surface area contributed by atoms with Crippen LogP contribution in [-0.4, -0.2) is 7.11 Å². The first kappa shape index (κ1) is 5.41. The van der Waals surface area contributed by atoms with Gasteiger partial charge in [-0.05, 0) is 0 Å². The summed E-state index contributed by atoms with van der Waals surface area (Å²) in [4.78, 5) is 0. The molecule has 4 heteroatoms. The summed E-state index contributed by atoms with van der Waals surface area (Å²) < 4.78 is 13.6. The molecule has 5 heavy (non-hydrogen) atoms. The van der Waals surface area contributed by atoms with Gasteiger partial charge in [0, 0.05) is 0 Å². The molecule has 0 spiro atoms. The van der Waals surface area contributed by atoms with E-state index in [9.17, 15) is 4.57 Å². The van der Waals surface area contributed by atoms with Crippen molar-refractivity contribution in [2.75, 3.05) is 7.11 Å². The summed E-state index contributed by atoms with van der Waals surface area (Å²) >= 11 is 0.880. The Morgan fingerprint density at radius 2 is 2.60 bits per heavy atom. The average molecular weight is 110 g/mol. The first-order chi connectivity index (χ1) is 2.41. The molecule has 0 unspecified atom stereocenters. The minimum atomic E-state index is -0.0258. The Bertz CT molecular complexity index is 30.8. The normalized spacial score (nSPS) is 9.00. The van der Waals surface area contributed by atoms with Gasteiger partial charge >= 0.3 is 0 Å². The van der Waals surface area contributed by atoms with Gasteiger partial charge in [0.2, 0.25) is 0 Å². The largest absolute Gasteiger partial charge is 0.308 e. The van der Waals surface area contributed by atoms with Crippen LogP contribution < -0.4 is 0 Å². The highest BCUT2D eigenvalue weighted by Gasteiger charge is 1.68. The Kier molecular flexibility index (Phi) is 4.77. The highest BCUT2D eigenvalue weighted by Crippen LogP contribution is 2.15. The second-order valence-electron chi connectivity index (χ2n) is 0.316. The maximum Gasteiger partial charge on any atom is 0.256 e. The smallest absolute Gasteiger partial charge is 0.256 e. The van der Waals surface area contributed by atoms with Crippen molar-refractivity contribution in [3.05, 3.63) is 0 Å². The molecular weight excluding hydrogens is 107 g/mol. The molecule has 0 amide bonds. The molecule has 0 aromatic carbocycles. The van der Waals surface area contributed by atoms with Gasteiger partial charge in [-0.15, -0.1) is 0 Å². The van der Waals surface area contributed by atoms with Crippen LogP contribution in [0, 0.1) is 0 Å². The van der Waals surface area contributed by atoms with E-state index in [1.54, 1.807) is 0 Å². The maximum absolute atomic E-state index is 9.34. The molecule has 0 heterocycles. The van der Waals surface area contributed by atoms with Crippen molar-refractivity contribution in [1.29, 1.82) is 0 Å². The lowest BCUT2D eigenvalue weighted by atomic mass is 11.8. The lowest BCUT2D eigenvalue weighted by molar-refractivity contribution is 0.496. The molecule has 2 nitrogen and oxygen atoms in total. The molecule has 0 aliphatic rings. The molecule has 0 saturated carbocycles. The van der Waals surface area contributed by atoms with Gasteiger partial charge in [-0.1, -0.05) is 0 Å². The first-order valence-electron chi connectivity index (χ1n) is 0.940. The maximum atomic E-state index is 9.34. The molecule has 0 fully saturated rings. The third kappa shape index (κ3) is 4.41. The van der Waals surface area contributed by atoms with Gasteiger partial charge in [-0.25, -0.2) is 0 Å². The van der Waals surface area contributed by atoms with Crippen LogP contribution in [0.4, 0.5) is 0 Å². The zero-order chi connectivity index (χ0) is 4.12. The van der Waals surface area contributed by atoms with Crippen LogP contribution in [0.1, 0.15) is 0 Å². The third-order valence-corrected chi connectivity index (χ3v) is 0.945. The number of rotatable bonds is 2. The summed E-state index contributed by atoms with van der Waals surface area (Å²) in [6.45, 7) is 0. The Morgan fingerprint density at radius 1 is 2.00 bits per heavy atom. The van der Waals surface area contributed by atoms with Gasteiger partial charge in [0.15, 0.2) is 0 Å². The van der Waals surface area contributed by atoms with Crippen LogP contribution in [0.15, 0.2) is 0 Å². The van der Waals surface area contributed by atoms with Crippen molar-refractivity contribution in [3.63, 3.8) is 0 Å². The SMILES string of the molecule is COSP=O. The van der Waals surface area contributed by atoms with Crippen molar-refractivity contribution in [2.45, 2.75) is 0 Å². The second-order valence-corrected chi connectivity index (χ2v) is 1.84. The molecular formula is CH3O2PS. The van der Waals surface area contributed by atoms with E-state index in [2.05, 4.69) is 4.18 Å². The van der Waals surface area contributed by atoms with Crippen LogP contribution in [-0.2, 0) is 8.75 Å². The predicted molar refractivity (Wildman–Crippen MR) is 22.2 cm³/mol. The number of hydrogen-bond acceptors (Lipinski definition) is 3. The Balaban J connectivity index is 2.40. The molecule has 30 valence electrons. The molecule has 0 bridgehead atoms. The van der Waals surface area contributed by atoms with Crippen molar-refractivity contribution >= 4 is 19.3 Å². The molecule has 0 atom stereocenters. The van der Waals surface area contributed by atoms with Gasteiger partial charge < -0.3 is 4.18 Å². The fraction of sp³-hybridized carbons (Fsp3) is 1.00. The molecule has 0 aliphatic carbocycles. The van der Waals surface area contributed by atoms with Crippen molar-refractivity contribution in [1.82, 2.24) is 0 Å². The first-order valence-corrected chi connectivity index (χ1v) is 3.10. The summed E-state index contributed by atoms with van der Waals surface area (Å²) in [7, 11) is 1.44. The lowest BCUT2D eigenvalue weighted by Crippen LogP contribution is -1.47. The van der Waals surface area contributed by atoms with Crippen LogP contribution in [0.25, 0.3) is 0 Å². The van der Waals surface area contributed by atoms with Crippen LogP contribution in [0.2, 0.25) is 0 Å². The van der Waals surface area contributed by atoms with E-state index < -0.39 is 0 Å². The van der Waals surface area contributed by atoms with Gasteiger partial charge in [0.1, 0.15) is 0 Å². The van der Waals surface area contributed by atoms with E-state index in [4.69, 9.17) is 0 Å². The zero-order valence-electron chi connectivity index (χ0n) is 2.67. The fourth-order valence-electron chi connectivity index (χ4n) is 0.0304. The Labute approximate surface area is 36.1 Å². The quantitative estimate of drug-likeness (QED) is 0.398. The van der Waals surface area contributed by atoms with E-state index in [1.807, 2.05) is 0 Å². The summed E-state index contributed by atoms with van der Waals surface area (Å²) in [6.07, 6.45) is 0. The minimum absolute atomic E-state index is 0.0258. The molecule has 0 radical (unpaired) electrons. The van der Waals surface area contributed by atoms with E-state index in [0.29, 0.717) is 0 Å². The van der Waals surface area contributed by atoms with E-state index in [-0.39, 0.29) is 7.66 Å². The molecule has 0 saturated heterocycles. The van der Waals surface area contributed by atoms with Crippen molar-refractivity contribution < 1.29 is 8.75 Å². The van der Waals surface area contributed by atoms with E-state index in [1.165, 1.54) is 7.11 Å². The monoisotopic (exact) mass is 110 g/mol. The zero-order valence-corrected chi connectivity index (χ0v) is 4.38. The summed E-state index contributed by atoms with van der Waals surface area (Å²) in [5.74, 6) is 0. The van der Waals surface area contributed by atoms with Crippen LogP contribution >= 0.6 is 19.3 Å². The van der Waals surface area contributed by atoms with Crippen LogP contribution in [0.3, 0.4) is 0 Å². The third-order valence-electron chi connectivity index (χ3n) is 0.105. The highest BCUT2D eigenvalue weighted by molar-refractivity contribution is 8.43. The topological polar surface area (TPSA) is 26.3 Å². The summed E-state index contributed by atoms with van der Waals surface area (Å²) in [5.41, 5.74) is 0. The highest BCUT2D eigenvalue weighted by atomic mass is 32.7. The predicted octanol–water partition coefficient (Wildman–Crippen LogP) is 1.49. The van der Waals surface area contributed by atoms with Gasteiger partial charge in [0.25, 0.3) is 7.66 Å². The molecule has 0 N–H and O–H groups in total. The van der Waals surface area contributed by atoms with Crippen molar-refractivity contribution in [3.8, 4) is 0 Å². The second kappa shape index (κ2) is 4.41. The summed E-state index contributed by atoms with van der Waals surface area (Å²) in [6, 6.07) is 0. The van der Waals surface area contributed by atoms with Gasteiger partial charge in [-0.2, -0.15) is 0 Å². The number of hydrogen-bond donors (Lipinski definition) is 0. The van der Waals surface area contributed by atoms with Crippen molar-refractivity contribution in [2.24, 2.45) is 0 Å². The average Bonchev–Trinajstić information content (AvgIpc) is 1.41. The molecule has 0 aliphatic heterocycles. The van der Waals surface area contributed by atoms with Gasteiger partial charge in [-0.3, -0.25) is 4.57 Å². The van der Waals surface area contributed by atoms with E-state index in [0.717, 1.165) is 11.7 Å². The van der Waals surface area contributed by atoms with Gasteiger partial charge in [0.05, 0.1) is 18.8 Å². The Morgan fingerprint density at radius 3 is 2.60 bits per heavy atom. The summed E-state index contributed by atoms with van der Waals surface area (Å²) in [5, 5.41) is 0. The molecule has 0 aromatic rings. The molecule has 0 rings (SSSR count). The fourth-order valence-corrected chi connectivity index (χ4v) is 0.274. The minimum Gasteiger partial charge on any atom is -0.308 e. The Hall–Kier alpha value is 0.410.